The SMILES string of the molecule is O=C(c1ccccc1Cc1ccccc1)N1CCC(C2OCCO2)CC1. The number of nitrogens with zero attached hydrogens (tertiary/aromatic N) is 1. The summed E-state index contributed by atoms with van der Waals surface area (Å²) < 4.78 is 11.3. The number of hydrogen-bond acceptors (Lipinski definition) is 3. The third kappa shape index (κ3) is 3.81. The molecule has 2 aliphatic heterocycles. The lowest BCUT2D eigenvalue weighted by molar-refractivity contribution is -0.0956. The van der Waals surface area contributed by atoms with E-state index in [9.17, 15) is 4.79 Å². The largest absolute Gasteiger partial charge is 0.350 e. The fourth-order valence-corrected chi connectivity index (χ4v) is 3.89. The Morgan fingerprint density at radius 2 is 1.58 bits per heavy atom. The maximum atomic E-state index is 13.1. The zero-order valence-corrected chi connectivity index (χ0v) is 15.0. The van der Waals surface area contributed by atoms with Crippen molar-refractivity contribution in [1.82, 2.24) is 4.90 Å². The molecule has 4 nitrogen and oxygen atoms in total. The fourth-order valence-electron chi connectivity index (χ4n) is 3.89. The summed E-state index contributed by atoms with van der Waals surface area (Å²) in [5, 5.41) is 0. The average Bonchev–Trinajstić information content (AvgIpc) is 3.24. The van der Waals surface area contributed by atoms with Crippen molar-refractivity contribution in [3.63, 3.8) is 0 Å². The maximum absolute atomic E-state index is 13.1. The van der Waals surface area contributed by atoms with E-state index in [1.54, 1.807) is 0 Å². The van der Waals surface area contributed by atoms with Crippen molar-refractivity contribution in [2.24, 2.45) is 5.92 Å². The van der Waals surface area contributed by atoms with Gasteiger partial charge in [-0.2, -0.15) is 0 Å². The summed E-state index contributed by atoms with van der Waals surface area (Å²) in [7, 11) is 0. The molecular formula is C22H25NO3. The molecule has 0 aliphatic carbocycles. The van der Waals surface area contributed by atoms with Crippen LogP contribution in [0.1, 0.15) is 34.3 Å². The second kappa shape index (κ2) is 8.02. The summed E-state index contributed by atoms with van der Waals surface area (Å²) >= 11 is 0. The first kappa shape index (κ1) is 17.3. The van der Waals surface area contributed by atoms with Crippen LogP contribution in [0.25, 0.3) is 0 Å². The van der Waals surface area contributed by atoms with E-state index in [2.05, 4.69) is 18.2 Å². The van der Waals surface area contributed by atoms with E-state index >= 15 is 0 Å². The number of likely N-dealkylation sites (tertiary alicyclic amines) is 1. The van der Waals surface area contributed by atoms with E-state index in [1.807, 2.05) is 41.3 Å². The van der Waals surface area contributed by atoms with Crippen LogP contribution in [0.2, 0.25) is 0 Å². The van der Waals surface area contributed by atoms with Gasteiger partial charge in [0, 0.05) is 24.6 Å². The van der Waals surface area contributed by atoms with Gasteiger partial charge in [0.2, 0.25) is 0 Å². The number of benzene rings is 2. The molecule has 0 radical (unpaired) electrons. The minimum absolute atomic E-state index is 0.0716. The Bertz CT molecular complexity index is 732. The smallest absolute Gasteiger partial charge is 0.254 e. The quantitative estimate of drug-likeness (QED) is 0.846. The average molecular weight is 351 g/mol. The summed E-state index contributed by atoms with van der Waals surface area (Å²) in [6, 6.07) is 18.3. The van der Waals surface area contributed by atoms with Crippen LogP contribution in [0.3, 0.4) is 0 Å². The Morgan fingerprint density at radius 3 is 2.31 bits per heavy atom. The van der Waals surface area contributed by atoms with Gasteiger partial charge in [-0.15, -0.1) is 0 Å². The van der Waals surface area contributed by atoms with E-state index in [1.165, 1.54) is 5.56 Å². The lowest BCUT2D eigenvalue weighted by Crippen LogP contribution is -2.41. The first-order valence-electron chi connectivity index (χ1n) is 9.45. The number of carbonyl (C=O) groups excluding carboxylic acids is 1. The van der Waals surface area contributed by atoms with Crippen LogP contribution in [0.4, 0.5) is 0 Å². The van der Waals surface area contributed by atoms with Crippen molar-refractivity contribution in [2.75, 3.05) is 26.3 Å². The lowest BCUT2D eigenvalue weighted by Gasteiger charge is -2.34. The Kier molecular flexibility index (Phi) is 5.32. The number of ether oxygens (including phenoxy) is 2. The van der Waals surface area contributed by atoms with Crippen LogP contribution >= 0.6 is 0 Å². The van der Waals surface area contributed by atoms with Gasteiger partial charge in [0.15, 0.2) is 6.29 Å². The van der Waals surface area contributed by atoms with Crippen LogP contribution in [0, 0.1) is 5.92 Å². The first-order valence-corrected chi connectivity index (χ1v) is 9.45. The van der Waals surface area contributed by atoms with Crippen LogP contribution < -0.4 is 0 Å². The van der Waals surface area contributed by atoms with E-state index in [0.717, 1.165) is 43.5 Å². The molecule has 1 amide bonds. The van der Waals surface area contributed by atoms with Gasteiger partial charge in [0.25, 0.3) is 5.91 Å². The zero-order chi connectivity index (χ0) is 17.8. The standard InChI is InChI=1S/C22H25NO3/c24-21(23-12-10-18(11-13-23)22-25-14-15-26-22)20-9-5-4-8-19(20)16-17-6-2-1-3-7-17/h1-9,18,22H,10-16H2. The van der Waals surface area contributed by atoms with Crippen LogP contribution in [-0.4, -0.2) is 43.4 Å². The van der Waals surface area contributed by atoms with E-state index in [-0.39, 0.29) is 12.2 Å². The molecule has 2 aromatic rings. The molecule has 4 heteroatoms. The molecule has 0 atom stereocenters. The second-order valence-electron chi connectivity index (χ2n) is 7.06. The topological polar surface area (TPSA) is 38.8 Å². The first-order chi connectivity index (χ1) is 12.8. The molecule has 0 spiro atoms. The van der Waals surface area contributed by atoms with Gasteiger partial charge in [-0.1, -0.05) is 48.5 Å². The minimum Gasteiger partial charge on any atom is -0.350 e. The fraction of sp³-hybridized carbons (Fsp3) is 0.409. The van der Waals surface area contributed by atoms with E-state index in [4.69, 9.17) is 9.47 Å². The van der Waals surface area contributed by atoms with Gasteiger partial charge in [-0.3, -0.25) is 4.79 Å². The molecule has 136 valence electrons. The molecular weight excluding hydrogens is 326 g/mol. The van der Waals surface area contributed by atoms with Gasteiger partial charge in [0.05, 0.1) is 13.2 Å². The molecule has 0 saturated carbocycles. The molecule has 0 bridgehead atoms. The molecule has 2 heterocycles. The normalized spacial score (nSPS) is 19.0. The molecule has 26 heavy (non-hydrogen) atoms. The monoisotopic (exact) mass is 351 g/mol. The Balaban J connectivity index is 1.43. The summed E-state index contributed by atoms with van der Waals surface area (Å²) in [6.07, 6.45) is 2.59. The highest BCUT2D eigenvalue weighted by molar-refractivity contribution is 5.95. The molecule has 0 aromatic heterocycles. The summed E-state index contributed by atoms with van der Waals surface area (Å²) in [5.74, 6) is 0.546. The van der Waals surface area contributed by atoms with Gasteiger partial charge >= 0.3 is 0 Å². The minimum atomic E-state index is -0.0716. The molecule has 2 saturated heterocycles. The third-order valence-electron chi connectivity index (χ3n) is 5.34. The van der Waals surface area contributed by atoms with Crippen LogP contribution in [0.15, 0.2) is 54.6 Å². The molecule has 4 rings (SSSR count). The lowest BCUT2D eigenvalue weighted by atomic mass is 9.94. The molecule has 0 N–H and O–H groups in total. The van der Waals surface area contributed by atoms with Gasteiger partial charge < -0.3 is 14.4 Å². The number of piperidine rings is 1. The summed E-state index contributed by atoms with van der Waals surface area (Å²) in [6.45, 7) is 2.92. The Hall–Kier alpha value is -2.17. The predicted molar refractivity (Wildman–Crippen MR) is 100 cm³/mol. The predicted octanol–water partition coefficient (Wildman–Crippen LogP) is 3.50. The Labute approximate surface area is 154 Å². The van der Waals surface area contributed by atoms with Gasteiger partial charge in [0.1, 0.15) is 0 Å². The number of carbonyl (C=O) groups is 1. The van der Waals surface area contributed by atoms with Crippen molar-refractivity contribution in [1.29, 1.82) is 0 Å². The Morgan fingerprint density at radius 1 is 0.923 bits per heavy atom. The number of amides is 1. The van der Waals surface area contributed by atoms with Gasteiger partial charge in [-0.25, -0.2) is 0 Å². The summed E-state index contributed by atoms with van der Waals surface area (Å²) in [5.41, 5.74) is 3.14. The van der Waals surface area contributed by atoms with Crippen molar-refractivity contribution < 1.29 is 14.3 Å². The zero-order valence-electron chi connectivity index (χ0n) is 15.0. The van der Waals surface area contributed by atoms with Crippen molar-refractivity contribution in [3.05, 3.63) is 71.3 Å². The van der Waals surface area contributed by atoms with E-state index in [0.29, 0.717) is 19.1 Å². The highest BCUT2D eigenvalue weighted by atomic mass is 16.7. The van der Waals surface area contributed by atoms with E-state index < -0.39 is 0 Å². The summed E-state index contributed by atoms with van der Waals surface area (Å²) in [4.78, 5) is 15.1. The third-order valence-corrected chi connectivity index (χ3v) is 5.34. The molecule has 2 fully saturated rings. The number of rotatable bonds is 4. The van der Waals surface area contributed by atoms with Crippen LogP contribution in [-0.2, 0) is 15.9 Å². The van der Waals surface area contributed by atoms with Crippen molar-refractivity contribution >= 4 is 5.91 Å². The molecule has 2 aromatic carbocycles. The number of hydrogen-bond donors (Lipinski definition) is 0. The highest BCUT2D eigenvalue weighted by Crippen LogP contribution is 2.27. The van der Waals surface area contributed by atoms with Crippen LogP contribution in [0.5, 0.6) is 0 Å². The highest BCUT2D eigenvalue weighted by Gasteiger charge is 2.32. The molecule has 2 aliphatic rings. The molecule has 0 unspecified atom stereocenters. The van der Waals surface area contributed by atoms with Crippen molar-refractivity contribution in [2.45, 2.75) is 25.6 Å². The van der Waals surface area contributed by atoms with Crippen molar-refractivity contribution in [3.8, 4) is 0 Å². The van der Waals surface area contributed by atoms with Gasteiger partial charge in [-0.05, 0) is 36.5 Å². The second-order valence-corrected chi connectivity index (χ2v) is 7.06. The maximum Gasteiger partial charge on any atom is 0.254 e.